The summed E-state index contributed by atoms with van der Waals surface area (Å²) in [4.78, 5) is 43.7. The van der Waals surface area contributed by atoms with Crippen molar-refractivity contribution in [3.63, 3.8) is 0 Å². The molecule has 0 aliphatic rings. The minimum absolute atomic E-state index is 0.0795. The number of fused-ring (bicyclic) bond motifs is 2. The highest BCUT2D eigenvalue weighted by Gasteiger charge is 2.26. The number of anilines is 1. The smallest absolute Gasteiger partial charge is 0.267 e. The summed E-state index contributed by atoms with van der Waals surface area (Å²) in [5, 5.41) is 3.33. The number of imidazole rings is 1. The molecule has 0 radical (unpaired) electrons. The van der Waals surface area contributed by atoms with Gasteiger partial charge in [-0.05, 0) is 43.3 Å². The zero-order chi connectivity index (χ0) is 27.6. The minimum Gasteiger partial charge on any atom is -0.369 e. The number of nitrogens with zero attached hydrogens (tertiary/aromatic N) is 5. The van der Waals surface area contributed by atoms with E-state index in [4.69, 9.17) is 10.7 Å². The van der Waals surface area contributed by atoms with Gasteiger partial charge < -0.3 is 11.1 Å². The van der Waals surface area contributed by atoms with Crippen molar-refractivity contribution < 1.29 is 9.20 Å². The predicted octanol–water partition coefficient (Wildman–Crippen LogP) is 2.72. The molecule has 4 N–H and O–H groups in total. The third-order valence-corrected chi connectivity index (χ3v) is 6.43. The molecule has 1 amide bonds. The molecule has 0 saturated carbocycles. The fourth-order valence-electron chi connectivity index (χ4n) is 4.56. The lowest BCUT2D eigenvalue weighted by Crippen LogP contribution is -2.35. The van der Waals surface area contributed by atoms with E-state index in [1.54, 1.807) is 60.4 Å². The number of nitrogens with one attached hydrogen (secondary N) is 2. The van der Waals surface area contributed by atoms with Gasteiger partial charge in [-0.1, -0.05) is 41.1 Å². The second-order valence-electron chi connectivity index (χ2n) is 9.05. The minimum atomic E-state index is -0.676. The van der Waals surface area contributed by atoms with Crippen LogP contribution in [0.1, 0.15) is 40.3 Å². The van der Waals surface area contributed by atoms with Crippen LogP contribution in [0.5, 0.6) is 0 Å². The van der Waals surface area contributed by atoms with Crippen molar-refractivity contribution in [1.29, 1.82) is 0 Å². The molecule has 0 spiro atoms. The predicted molar refractivity (Wildman–Crippen MR) is 150 cm³/mol. The quantitative estimate of drug-likeness (QED) is 0.238. The molecule has 4 heterocycles. The molecule has 2 aromatic carbocycles. The lowest BCUT2D eigenvalue weighted by atomic mass is 10.1. The number of benzene rings is 2. The van der Waals surface area contributed by atoms with Crippen LogP contribution >= 0.6 is 0 Å². The van der Waals surface area contributed by atoms with Crippen LogP contribution in [0.25, 0.3) is 22.2 Å². The summed E-state index contributed by atoms with van der Waals surface area (Å²) in [6.45, 7) is 1.77. The SMILES string of the molecule is CC(NC(=O)c1c(N)nc[n+]2cc[nH]c12)c1nc2cccc(C#Cc3cccnc3)c2c(=O)n1-c1ccccc1. The first-order chi connectivity index (χ1) is 19.5. The van der Waals surface area contributed by atoms with Crippen LogP contribution in [-0.4, -0.2) is 30.4 Å². The van der Waals surface area contributed by atoms with Gasteiger partial charge in [-0.15, -0.1) is 0 Å². The topological polar surface area (TPSA) is 136 Å². The average Bonchev–Trinajstić information content (AvgIpc) is 3.45. The number of rotatable bonds is 4. The summed E-state index contributed by atoms with van der Waals surface area (Å²) < 4.78 is 3.17. The molecule has 10 nitrogen and oxygen atoms in total. The van der Waals surface area contributed by atoms with Crippen LogP contribution < -0.4 is 21.0 Å². The van der Waals surface area contributed by atoms with Gasteiger partial charge in [-0.25, -0.2) is 9.38 Å². The molecule has 10 heteroatoms. The lowest BCUT2D eigenvalue weighted by Gasteiger charge is -2.20. The van der Waals surface area contributed by atoms with Gasteiger partial charge in [0, 0.05) is 23.5 Å². The fourth-order valence-corrected chi connectivity index (χ4v) is 4.56. The molecule has 6 aromatic rings. The maximum absolute atomic E-state index is 14.1. The molecule has 1 unspecified atom stereocenters. The third kappa shape index (κ3) is 4.41. The number of amides is 1. The number of para-hydroxylation sites is 1. The Hall–Kier alpha value is -5.82. The summed E-state index contributed by atoms with van der Waals surface area (Å²) >= 11 is 0. The fraction of sp³-hybridized carbons (Fsp3) is 0.0667. The number of aromatic amines is 1. The van der Waals surface area contributed by atoms with E-state index >= 15 is 0 Å². The molecule has 0 fully saturated rings. The standard InChI is InChI=1S/C30H22N8O2/c1-19(35-29(39)25-26(31)34-18-37-16-15-33-28(25)37)27-36-23-11-5-8-21(13-12-20-7-6-14-32-17-20)24(23)30(40)38(27)22-9-3-2-4-10-22/h2-11,14-19H,1H3,(H3,31,33,35,39)/p+1. The van der Waals surface area contributed by atoms with Gasteiger partial charge in [0.2, 0.25) is 17.8 Å². The van der Waals surface area contributed by atoms with Gasteiger partial charge in [0.25, 0.3) is 11.5 Å². The Labute approximate surface area is 228 Å². The number of carbonyl (C=O) groups is 1. The molecule has 0 aliphatic carbocycles. The maximum Gasteiger partial charge on any atom is 0.267 e. The second-order valence-corrected chi connectivity index (χ2v) is 9.05. The highest BCUT2D eigenvalue weighted by atomic mass is 16.2. The summed E-state index contributed by atoms with van der Waals surface area (Å²) in [5.74, 6) is 6.16. The van der Waals surface area contributed by atoms with Crippen LogP contribution in [0.4, 0.5) is 5.82 Å². The molecule has 6 rings (SSSR count). The second kappa shape index (κ2) is 10.2. The molecule has 4 aromatic heterocycles. The number of nitrogen functional groups attached to an aromatic ring is 1. The van der Waals surface area contributed by atoms with Gasteiger partial charge in [-0.2, -0.15) is 0 Å². The Bertz CT molecular complexity index is 2000. The summed E-state index contributed by atoms with van der Waals surface area (Å²) in [6, 6.07) is 17.5. The molecule has 194 valence electrons. The van der Waals surface area contributed by atoms with Crippen molar-refractivity contribution in [1.82, 2.24) is 29.8 Å². The van der Waals surface area contributed by atoms with Gasteiger partial charge in [0.15, 0.2) is 5.56 Å². The Morgan fingerprint density at radius 1 is 1.10 bits per heavy atom. The Morgan fingerprint density at radius 3 is 2.75 bits per heavy atom. The largest absolute Gasteiger partial charge is 0.369 e. The van der Waals surface area contributed by atoms with E-state index in [9.17, 15) is 9.59 Å². The Balaban J connectivity index is 1.48. The number of nitrogens with two attached hydrogens (primary N) is 1. The van der Waals surface area contributed by atoms with E-state index in [1.807, 2.05) is 36.4 Å². The van der Waals surface area contributed by atoms with E-state index < -0.39 is 11.9 Å². The molecule has 40 heavy (non-hydrogen) atoms. The maximum atomic E-state index is 14.1. The molecular formula is C30H23N8O2+. The normalized spacial score (nSPS) is 11.6. The van der Waals surface area contributed by atoms with E-state index in [2.05, 4.69) is 32.1 Å². The molecular weight excluding hydrogens is 504 g/mol. The van der Waals surface area contributed by atoms with Crippen molar-refractivity contribution in [2.75, 3.05) is 5.73 Å². The lowest BCUT2D eigenvalue weighted by molar-refractivity contribution is -0.513. The first-order valence-corrected chi connectivity index (χ1v) is 12.5. The van der Waals surface area contributed by atoms with Gasteiger partial charge in [-0.3, -0.25) is 24.1 Å². The van der Waals surface area contributed by atoms with Crippen molar-refractivity contribution in [3.05, 3.63) is 125 Å². The van der Waals surface area contributed by atoms with Crippen molar-refractivity contribution in [3.8, 4) is 17.5 Å². The van der Waals surface area contributed by atoms with Gasteiger partial charge in [0.05, 0.1) is 28.8 Å². The Morgan fingerprint density at radius 2 is 1.95 bits per heavy atom. The number of hydrogen-bond donors (Lipinski definition) is 3. The van der Waals surface area contributed by atoms with Crippen LogP contribution in [0.15, 0.2) is 96.6 Å². The molecule has 0 aliphatic heterocycles. The van der Waals surface area contributed by atoms with E-state index in [-0.39, 0.29) is 16.9 Å². The zero-order valence-corrected chi connectivity index (χ0v) is 21.4. The Kier molecular flexibility index (Phi) is 6.22. The highest BCUT2D eigenvalue weighted by Crippen LogP contribution is 2.21. The van der Waals surface area contributed by atoms with Crippen LogP contribution in [0.2, 0.25) is 0 Å². The average molecular weight is 528 g/mol. The van der Waals surface area contributed by atoms with Crippen molar-refractivity contribution in [2.24, 2.45) is 0 Å². The number of hydrogen-bond acceptors (Lipinski definition) is 6. The number of aromatic nitrogens is 6. The first kappa shape index (κ1) is 24.5. The van der Waals surface area contributed by atoms with Crippen LogP contribution in [-0.2, 0) is 0 Å². The van der Waals surface area contributed by atoms with Crippen molar-refractivity contribution in [2.45, 2.75) is 13.0 Å². The molecule has 0 bridgehead atoms. The number of carbonyl (C=O) groups excluding carboxylic acids is 1. The van der Waals surface area contributed by atoms with Crippen molar-refractivity contribution >= 4 is 28.3 Å². The monoisotopic (exact) mass is 527 g/mol. The highest BCUT2D eigenvalue weighted by molar-refractivity contribution is 6.03. The summed E-state index contributed by atoms with van der Waals surface area (Å²) in [7, 11) is 0. The summed E-state index contributed by atoms with van der Waals surface area (Å²) in [5.41, 5.74) is 8.82. The summed E-state index contributed by atoms with van der Waals surface area (Å²) in [6.07, 6.45) is 8.27. The number of pyridine rings is 1. The van der Waals surface area contributed by atoms with E-state index in [0.29, 0.717) is 33.6 Å². The molecule has 1 atom stereocenters. The van der Waals surface area contributed by atoms with Gasteiger partial charge in [0.1, 0.15) is 12.0 Å². The zero-order valence-electron chi connectivity index (χ0n) is 21.4. The molecule has 0 saturated heterocycles. The van der Waals surface area contributed by atoms with Gasteiger partial charge >= 0.3 is 0 Å². The first-order valence-electron chi connectivity index (χ1n) is 12.5. The van der Waals surface area contributed by atoms with E-state index in [0.717, 1.165) is 5.56 Å². The number of H-pyrrole nitrogens is 1. The van der Waals surface area contributed by atoms with Crippen LogP contribution in [0, 0.1) is 11.8 Å². The van der Waals surface area contributed by atoms with Crippen LogP contribution in [0.3, 0.4) is 0 Å². The third-order valence-electron chi connectivity index (χ3n) is 6.43. The van der Waals surface area contributed by atoms with E-state index in [1.165, 1.54) is 10.9 Å².